The topological polar surface area (TPSA) is 129 Å². The predicted octanol–water partition coefficient (Wildman–Crippen LogP) is 1.92. The fraction of sp³-hybridized carbons (Fsp3) is 0.417. The van der Waals surface area contributed by atoms with E-state index in [0.717, 1.165) is 22.4 Å². The van der Waals surface area contributed by atoms with E-state index in [1.807, 2.05) is 13.1 Å². The molecule has 4 rings (SSSR count). The lowest BCUT2D eigenvalue weighted by molar-refractivity contribution is -0.130. The number of ether oxygens (including phenoxy) is 1. The molecule has 0 atom stereocenters. The average molecular weight is 466 g/mol. The number of nitrogens with zero attached hydrogens (tertiary/aromatic N) is 4. The summed E-state index contributed by atoms with van der Waals surface area (Å²) in [5, 5.41) is 4.01. The van der Waals surface area contributed by atoms with Gasteiger partial charge in [-0.15, -0.1) is 0 Å². The molecule has 3 aromatic rings. The number of H-pyrrole nitrogens is 1. The second-order valence-corrected chi connectivity index (χ2v) is 8.92. The highest BCUT2D eigenvalue weighted by Gasteiger charge is 2.41. The van der Waals surface area contributed by atoms with Crippen LogP contribution in [0.3, 0.4) is 0 Å². The Kier molecular flexibility index (Phi) is 6.69. The summed E-state index contributed by atoms with van der Waals surface area (Å²) in [5.74, 6) is 1.15. The Hall–Kier alpha value is -3.66. The van der Waals surface area contributed by atoms with Gasteiger partial charge in [-0.1, -0.05) is 6.07 Å². The molecule has 1 aliphatic heterocycles. The molecule has 0 aliphatic carbocycles. The van der Waals surface area contributed by atoms with Gasteiger partial charge in [0.2, 0.25) is 5.91 Å². The largest absolute Gasteiger partial charge is 0.484 e. The van der Waals surface area contributed by atoms with E-state index in [2.05, 4.69) is 25.2 Å². The van der Waals surface area contributed by atoms with Crippen molar-refractivity contribution in [2.24, 2.45) is 11.1 Å². The van der Waals surface area contributed by atoms with Crippen molar-refractivity contribution in [1.29, 1.82) is 0 Å². The van der Waals surface area contributed by atoms with E-state index >= 15 is 0 Å². The number of hydrogen-bond acceptors (Lipinski definition) is 7. The molecule has 10 nitrogen and oxygen atoms in total. The summed E-state index contributed by atoms with van der Waals surface area (Å²) < 4.78 is 5.56. The molecule has 34 heavy (non-hydrogen) atoms. The number of likely N-dealkylation sites (N-methyl/N-ethyl adjacent to an activating group) is 1. The van der Waals surface area contributed by atoms with Crippen LogP contribution in [-0.4, -0.2) is 72.0 Å². The number of nitrogens with two attached hydrogens (primary N) is 1. The number of hydrogen-bond donors (Lipinski definition) is 3. The number of aryl methyl sites for hydroxylation is 1. The lowest BCUT2D eigenvalue weighted by Crippen LogP contribution is -2.50. The molecule has 1 aliphatic rings. The number of amides is 2. The summed E-state index contributed by atoms with van der Waals surface area (Å²) in [7, 11) is 3.35. The van der Waals surface area contributed by atoms with Crippen LogP contribution in [0, 0.1) is 12.3 Å². The number of rotatable bonds is 7. The van der Waals surface area contributed by atoms with E-state index in [-0.39, 0.29) is 25.0 Å². The molecule has 1 saturated heterocycles. The van der Waals surface area contributed by atoms with Crippen LogP contribution >= 0.6 is 0 Å². The molecule has 0 bridgehead atoms. The smallest absolute Gasteiger partial charge is 0.259 e. The maximum atomic E-state index is 13.3. The SMILES string of the molecule is Cc1c[nH]c2ncnc(N3CCC(CN)(C(=O)Nc4cccc(OCC(=O)N(C)C)c4)CC3)c12. The summed E-state index contributed by atoms with van der Waals surface area (Å²) >= 11 is 0. The quantitative estimate of drug-likeness (QED) is 0.486. The van der Waals surface area contributed by atoms with E-state index in [9.17, 15) is 9.59 Å². The number of piperidine rings is 1. The Balaban J connectivity index is 1.43. The highest BCUT2D eigenvalue weighted by Crippen LogP contribution is 2.36. The van der Waals surface area contributed by atoms with Crippen molar-refractivity contribution in [3.05, 3.63) is 42.4 Å². The summed E-state index contributed by atoms with van der Waals surface area (Å²) in [4.78, 5) is 40.8. The van der Waals surface area contributed by atoms with Gasteiger partial charge in [0.05, 0.1) is 10.8 Å². The van der Waals surface area contributed by atoms with Crippen LogP contribution in [0.5, 0.6) is 5.75 Å². The van der Waals surface area contributed by atoms with Gasteiger partial charge in [-0.2, -0.15) is 0 Å². The molecule has 10 heteroatoms. The molecule has 180 valence electrons. The fourth-order valence-electron chi connectivity index (χ4n) is 4.21. The minimum absolute atomic E-state index is 0.0656. The number of carbonyl (C=O) groups excluding carboxylic acids is 2. The molecule has 1 fully saturated rings. The first kappa shape index (κ1) is 23.5. The van der Waals surface area contributed by atoms with Crippen molar-refractivity contribution in [3.63, 3.8) is 0 Å². The lowest BCUT2D eigenvalue weighted by atomic mass is 9.77. The minimum Gasteiger partial charge on any atom is -0.484 e. The zero-order valence-corrected chi connectivity index (χ0v) is 19.8. The number of fused-ring (bicyclic) bond motifs is 1. The molecular formula is C24H31N7O3. The van der Waals surface area contributed by atoms with Crippen molar-refractivity contribution in [1.82, 2.24) is 19.9 Å². The number of anilines is 2. The highest BCUT2D eigenvalue weighted by molar-refractivity contribution is 5.96. The highest BCUT2D eigenvalue weighted by atomic mass is 16.5. The van der Waals surface area contributed by atoms with Crippen LogP contribution < -0.4 is 20.7 Å². The number of benzene rings is 1. The molecule has 2 amide bonds. The van der Waals surface area contributed by atoms with Gasteiger partial charge < -0.3 is 30.6 Å². The molecule has 0 unspecified atom stereocenters. The summed E-state index contributed by atoms with van der Waals surface area (Å²) in [6, 6.07) is 7.04. The Morgan fingerprint density at radius 1 is 1.26 bits per heavy atom. The molecule has 1 aromatic carbocycles. The van der Waals surface area contributed by atoms with Gasteiger partial charge in [-0.05, 0) is 37.5 Å². The second kappa shape index (κ2) is 9.68. The van der Waals surface area contributed by atoms with Crippen molar-refractivity contribution >= 4 is 34.4 Å². The first-order valence-corrected chi connectivity index (χ1v) is 11.3. The van der Waals surface area contributed by atoms with E-state index < -0.39 is 5.41 Å². The number of carbonyl (C=O) groups is 2. The normalized spacial score (nSPS) is 15.2. The van der Waals surface area contributed by atoms with Gasteiger partial charge in [0.15, 0.2) is 6.61 Å². The van der Waals surface area contributed by atoms with Crippen molar-refractivity contribution in [3.8, 4) is 5.75 Å². The summed E-state index contributed by atoms with van der Waals surface area (Å²) in [6.45, 7) is 3.54. The molecule has 4 N–H and O–H groups in total. The van der Waals surface area contributed by atoms with Crippen LogP contribution in [0.1, 0.15) is 18.4 Å². The Bertz CT molecular complexity index is 1180. The molecule has 0 radical (unpaired) electrons. The van der Waals surface area contributed by atoms with Crippen LogP contribution in [0.15, 0.2) is 36.8 Å². The zero-order valence-electron chi connectivity index (χ0n) is 19.8. The molecular weight excluding hydrogens is 434 g/mol. The van der Waals surface area contributed by atoms with Gasteiger partial charge in [-0.3, -0.25) is 9.59 Å². The molecule has 2 aromatic heterocycles. The maximum absolute atomic E-state index is 13.3. The lowest BCUT2D eigenvalue weighted by Gasteiger charge is -2.40. The Labute approximate surface area is 198 Å². The minimum atomic E-state index is -0.673. The summed E-state index contributed by atoms with van der Waals surface area (Å²) in [6.07, 6.45) is 4.71. The van der Waals surface area contributed by atoms with Crippen LogP contribution in [0.25, 0.3) is 11.0 Å². The van der Waals surface area contributed by atoms with Gasteiger partial charge in [-0.25, -0.2) is 9.97 Å². The van der Waals surface area contributed by atoms with Crippen molar-refractivity contribution < 1.29 is 14.3 Å². The third-order valence-corrected chi connectivity index (χ3v) is 6.49. The Morgan fingerprint density at radius 2 is 2.03 bits per heavy atom. The fourth-order valence-corrected chi connectivity index (χ4v) is 4.21. The third kappa shape index (κ3) is 4.67. The maximum Gasteiger partial charge on any atom is 0.259 e. The van der Waals surface area contributed by atoms with Gasteiger partial charge >= 0.3 is 0 Å². The zero-order chi connectivity index (χ0) is 24.3. The van der Waals surface area contributed by atoms with Gasteiger partial charge in [0.25, 0.3) is 5.91 Å². The van der Waals surface area contributed by atoms with Gasteiger partial charge in [0, 0.05) is 51.7 Å². The third-order valence-electron chi connectivity index (χ3n) is 6.49. The van der Waals surface area contributed by atoms with Gasteiger partial charge in [0.1, 0.15) is 23.5 Å². The first-order chi connectivity index (χ1) is 16.3. The van der Waals surface area contributed by atoms with E-state index in [4.69, 9.17) is 10.5 Å². The number of aromatic amines is 1. The van der Waals surface area contributed by atoms with Crippen LogP contribution in [0.2, 0.25) is 0 Å². The molecule has 3 heterocycles. The molecule has 0 spiro atoms. The van der Waals surface area contributed by atoms with Crippen molar-refractivity contribution in [2.75, 3.05) is 50.6 Å². The molecule has 0 saturated carbocycles. The van der Waals surface area contributed by atoms with Crippen LogP contribution in [0.4, 0.5) is 11.5 Å². The van der Waals surface area contributed by atoms with Crippen LogP contribution in [-0.2, 0) is 9.59 Å². The average Bonchev–Trinajstić information content (AvgIpc) is 3.23. The first-order valence-electron chi connectivity index (χ1n) is 11.3. The van der Waals surface area contributed by atoms with E-state index in [0.29, 0.717) is 37.4 Å². The number of nitrogens with one attached hydrogen (secondary N) is 2. The Morgan fingerprint density at radius 3 is 2.74 bits per heavy atom. The van der Waals surface area contributed by atoms with E-state index in [1.165, 1.54) is 4.90 Å². The standard InChI is InChI=1S/C24H31N7O3/c1-16-12-26-21-20(16)22(28-15-27-21)31-9-7-24(14-25,8-10-31)23(33)29-17-5-4-6-18(11-17)34-13-19(32)30(2)3/h4-6,11-12,15H,7-10,13-14,25H2,1-3H3,(H,29,33)(H,26,27,28). The van der Waals surface area contributed by atoms with Crippen molar-refractivity contribution in [2.45, 2.75) is 19.8 Å². The number of aromatic nitrogens is 3. The monoisotopic (exact) mass is 465 g/mol. The van der Waals surface area contributed by atoms with E-state index in [1.54, 1.807) is 44.7 Å². The predicted molar refractivity (Wildman–Crippen MR) is 131 cm³/mol. The summed E-state index contributed by atoms with van der Waals surface area (Å²) in [5.41, 5.74) is 7.97. The second-order valence-electron chi connectivity index (χ2n) is 8.92.